The van der Waals surface area contributed by atoms with Gasteiger partial charge in [0.2, 0.25) is 0 Å². The second-order valence-electron chi connectivity index (χ2n) is 4.16. The number of aromatic amines is 1. The molecule has 0 spiro atoms. The van der Waals surface area contributed by atoms with Crippen LogP contribution in [0.5, 0.6) is 5.75 Å². The number of aromatic nitrogens is 2. The first-order chi connectivity index (χ1) is 8.83. The zero-order valence-electron chi connectivity index (χ0n) is 9.72. The van der Waals surface area contributed by atoms with E-state index in [-0.39, 0.29) is 5.75 Å². The van der Waals surface area contributed by atoms with E-state index >= 15 is 0 Å². The molecule has 4 heteroatoms. The van der Waals surface area contributed by atoms with Crippen LogP contribution in [0.15, 0.2) is 48.7 Å². The molecule has 0 saturated carbocycles. The summed E-state index contributed by atoms with van der Waals surface area (Å²) in [7, 11) is 0. The normalized spacial score (nSPS) is 10.7. The van der Waals surface area contributed by atoms with Crippen molar-refractivity contribution in [3.63, 3.8) is 0 Å². The topological polar surface area (TPSA) is 60.9 Å². The van der Waals surface area contributed by atoms with E-state index in [2.05, 4.69) is 15.5 Å². The Hall–Kier alpha value is -2.49. The quantitative estimate of drug-likeness (QED) is 0.658. The third-order valence-electron chi connectivity index (χ3n) is 2.88. The number of rotatable bonds is 3. The van der Waals surface area contributed by atoms with Gasteiger partial charge in [0.1, 0.15) is 5.75 Å². The predicted molar refractivity (Wildman–Crippen MR) is 71.5 cm³/mol. The molecule has 2 aromatic carbocycles. The maximum atomic E-state index is 9.41. The van der Waals surface area contributed by atoms with Crippen molar-refractivity contribution in [2.75, 3.05) is 5.32 Å². The van der Waals surface area contributed by atoms with Gasteiger partial charge in [0, 0.05) is 17.6 Å². The van der Waals surface area contributed by atoms with Crippen molar-refractivity contribution in [1.29, 1.82) is 0 Å². The van der Waals surface area contributed by atoms with Crippen molar-refractivity contribution in [3.05, 3.63) is 54.2 Å². The fourth-order valence-corrected chi connectivity index (χ4v) is 1.99. The summed E-state index contributed by atoms with van der Waals surface area (Å²) in [5, 5.41) is 20.8. The SMILES string of the molecule is Oc1cccc(CNc2cccc3[nH]ncc23)c1. The molecule has 0 saturated heterocycles. The van der Waals surface area contributed by atoms with Gasteiger partial charge in [-0.1, -0.05) is 18.2 Å². The molecule has 1 aromatic heterocycles. The number of aromatic hydroxyl groups is 1. The Labute approximate surface area is 104 Å². The Balaban J connectivity index is 1.83. The lowest BCUT2D eigenvalue weighted by Gasteiger charge is -2.07. The van der Waals surface area contributed by atoms with Gasteiger partial charge in [-0.25, -0.2) is 0 Å². The summed E-state index contributed by atoms with van der Waals surface area (Å²) in [6.45, 7) is 0.665. The Morgan fingerprint density at radius 3 is 2.94 bits per heavy atom. The Bertz CT molecular complexity index is 675. The van der Waals surface area contributed by atoms with E-state index < -0.39 is 0 Å². The molecule has 0 aliphatic carbocycles. The largest absolute Gasteiger partial charge is 0.508 e. The lowest BCUT2D eigenvalue weighted by molar-refractivity contribution is 0.474. The second kappa shape index (κ2) is 4.41. The van der Waals surface area contributed by atoms with E-state index in [9.17, 15) is 5.11 Å². The van der Waals surface area contributed by atoms with Crippen molar-refractivity contribution >= 4 is 16.6 Å². The molecule has 0 unspecified atom stereocenters. The van der Waals surface area contributed by atoms with E-state index in [1.54, 1.807) is 18.3 Å². The second-order valence-corrected chi connectivity index (χ2v) is 4.16. The molecular formula is C14H13N3O. The summed E-state index contributed by atoms with van der Waals surface area (Å²) in [5.41, 5.74) is 3.08. The van der Waals surface area contributed by atoms with E-state index in [1.807, 2.05) is 30.3 Å². The third-order valence-corrected chi connectivity index (χ3v) is 2.88. The highest BCUT2D eigenvalue weighted by molar-refractivity contribution is 5.90. The van der Waals surface area contributed by atoms with Crippen molar-refractivity contribution in [3.8, 4) is 5.75 Å². The number of fused-ring (bicyclic) bond motifs is 1. The molecule has 3 aromatic rings. The van der Waals surface area contributed by atoms with Crippen LogP contribution < -0.4 is 5.32 Å². The van der Waals surface area contributed by atoms with Gasteiger partial charge in [-0.3, -0.25) is 5.10 Å². The number of benzene rings is 2. The average molecular weight is 239 g/mol. The van der Waals surface area contributed by atoms with Gasteiger partial charge in [0.05, 0.1) is 11.7 Å². The van der Waals surface area contributed by atoms with Gasteiger partial charge >= 0.3 is 0 Å². The molecule has 1 heterocycles. The molecule has 3 N–H and O–H groups in total. The monoisotopic (exact) mass is 239 g/mol. The number of H-pyrrole nitrogens is 1. The summed E-state index contributed by atoms with van der Waals surface area (Å²) in [6.07, 6.45) is 1.81. The van der Waals surface area contributed by atoms with Crippen LogP contribution in [0.3, 0.4) is 0 Å². The molecule has 90 valence electrons. The van der Waals surface area contributed by atoms with Crippen LogP contribution >= 0.6 is 0 Å². The first kappa shape index (κ1) is 10.7. The number of hydrogen-bond donors (Lipinski definition) is 3. The standard InChI is InChI=1S/C14H13N3O/c18-11-4-1-3-10(7-11)8-15-13-5-2-6-14-12(13)9-16-17-14/h1-7,9,15,18H,8H2,(H,16,17). The molecule has 4 nitrogen and oxygen atoms in total. The zero-order valence-corrected chi connectivity index (χ0v) is 9.72. The van der Waals surface area contributed by atoms with Crippen molar-refractivity contribution in [2.24, 2.45) is 0 Å². The predicted octanol–water partition coefficient (Wildman–Crippen LogP) is 2.88. The van der Waals surface area contributed by atoms with Crippen LogP contribution in [0.1, 0.15) is 5.56 Å². The molecular weight excluding hydrogens is 226 g/mol. The molecule has 0 atom stereocenters. The number of nitrogens with one attached hydrogen (secondary N) is 2. The molecule has 0 bridgehead atoms. The van der Waals surface area contributed by atoms with Gasteiger partial charge in [0.25, 0.3) is 0 Å². The van der Waals surface area contributed by atoms with E-state index in [0.29, 0.717) is 6.54 Å². The van der Waals surface area contributed by atoms with Crippen molar-refractivity contribution in [2.45, 2.75) is 6.54 Å². The van der Waals surface area contributed by atoms with Crippen LogP contribution in [0.25, 0.3) is 10.9 Å². The Kier molecular flexibility index (Phi) is 2.61. The number of hydrogen-bond acceptors (Lipinski definition) is 3. The third kappa shape index (κ3) is 2.00. The number of nitrogens with zero attached hydrogens (tertiary/aromatic N) is 1. The van der Waals surface area contributed by atoms with Crippen LogP contribution in [0.4, 0.5) is 5.69 Å². The summed E-state index contributed by atoms with van der Waals surface area (Å²) in [4.78, 5) is 0. The highest BCUT2D eigenvalue weighted by Gasteiger charge is 2.02. The van der Waals surface area contributed by atoms with Crippen LogP contribution in [0, 0.1) is 0 Å². The van der Waals surface area contributed by atoms with Gasteiger partial charge in [0.15, 0.2) is 0 Å². The van der Waals surface area contributed by atoms with Crippen LogP contribution in [0.2, 0.25) is 0 Å². The fraction of sp³-hybridized carbons (Fsp3) is 0.0714. The molecule has 0 amide bonds. The maximum Gasteiger partial charge on any atom is 0.115 e. The summed E-state index contributed by atoms with van der Waals surface area (Å²) in [5.74, 6) is 0.288. The van der Waals surface area contributed by atoms with Gasteiger partial charge in [-0.05, 0) is 29.8 Å². The summed E-state index contributed by atoms with van der Waals surface area (Å²) >= 11 is 0. The van der Waals surface area contributed by atoms with Crippen LogP contribution in [-0.4, -0.2) is 15.3 Å². The number of phenols is 1. The lowest BCUT2D eigenvalue weighted by Crippen LogP contribution is -1.99. The van der Waals surface area contributed by atoms with Gasteiger partial charge in [-0.15, -0.1) is 0 Å². The Morgan fingerprint density at radius 2 is 2.06 bits per heavy atom. The lowest BCUT2D eigenvalue weighted by atomic mass is 10.2. The minimum absolute atomic E-state index is 0.288. The molecule has 18 heavy (non-hydrogen) atoms. The van der Waals surface area contributed by atoms with E-state index in [0.717, 1.165) is 22.2 Å². The smallest absolute Gasteiger partial charge is 0.115 e. The highest BCUT2D eigenvalue weighted by atomic mass is 16.3. The fourth-order valence-electron chi connectivity index (χ4n) is 1.99. The minimum atomic E-state index is 0.288. The summed E-state index contributed by atoms with van der Waals surface area (Å²) in [6, 6.07) is 13.2. The first-order valence-corrected chi connectivity index (χ1v) is 5.77. The van der Waals surface area contributed by atoms with E-state index in [1.165, 1.54) is 0 Å². The zero-order chi connectivity index (χ0) is 12.4. The summed E-state index contributed by atoms with van der Waals surface area (Å²) < 4.78 is 0. The molecule has 3 rings (SSSR count). The van der Waals surface area contributed by atoms with Crippen molar-refractivity contribution in [1.82, 2.24) is 10.2 Å². The van der Waals surface area contributed by atoms with Crippen molar-refractivity contribution < 1.29 is 5.11 Å². The Morgan fingerprint density at radius 1 is 1.17 bits per heavy atom. The maximum absolute atomic E-state index is 9.41. The first-order valence-electron chi connectivity index (χ1n) is 5.77. The molecule has 0 aliphatic rings. The average Bonchev–Trinajstić information content (AvgIpc) is 2.85. The number of anilines is 1. The number of phenolic OH excluding ortho intramolecular Hbond substituents is 1. The van der Waals surface area contributed by atoms with Gasteiger partial charge < -0.3 is 10.4 Å². The highest BCUT2D eigenvalue weighted by Crippen LogP contribution is 2.22. The molecule has 0 radical (unpaired) electrons. The molecule has 0 fully saturated rings. The van der Waals surface area contributed by atoms with E-state index in [4.69, 9.17) is 0 Å². The minimum Gasteiger partial charge on any atom is -0.508 e. The molecule has 0 aliphatic heterocycles. The van der Waals surface area contributed by atoms with Gasteiger partial charge in [-0.2, -0.15) is 5.10 Å². The van der Waals surface area contributed by atoms with Crippen LogP contribution in [-0.2, 0) is 6.54 Å².